The van der Waals surface area contributed by atoms with Gasteiger partial charge in [0, 0.05) is 12.6 Å². The SMILES string of the molecule is O=C1CCCCC1C=Nc1cccc(C(F)(F)F)c1. The summed E-state index contributed by atoms with van der Waals surface area (Å²) >= 11 is 0. The first kappa shape index (κ1) is 13.8. The zero-order valence-corrected chi connectivity index (χ0v) is 10.3. The van der Waals surface area contributed by atoms with E-state index >= 15 is 0 Å². The lowest BCUT2D eigenvalue weighted by atomic mass is 9.89. The molecule has 1 unspecified atom stereocenters. The van der Waals surface area contributed by atoms with Gasteiger partial charge in [-0.3, -0.25) is 9.79 Å². The quantitative estimate of drug-likeness (QED) is 0.741. The Labute approximate surface area is 109 Å². The molecule has 0 amide bonds. The number of alkyl halides is 3. The van der Waals surface area contributed by atoms with Crippen LogP contribution in [0.4, 0.5) is 18.9 Å². The number of carbonyl (C=O) groups excluding carboxylic acids is 1. The lowest BCUT2D eigenvalue weighted by Gasteiger charge is -2.15. The van der Waals surface area contributed by atoms with E-state index in [1.807, 2.05) is 0 Å². The second-order valence-corrected chi connectivity index (χ2v) is 4.64. The lowest BCUT2D eigenvalue weighted by Crippen LogP contribution is -2.19. The highest BCUT2D eigenvalue weighted by Gasteiger charge is 2.30. The Morgan fingerprint density at radius 3 is 2.74 bits per heavy atom. The van der Waals surface area contributed by atoms with Crippen molar-refractivity contribution in [3.8, 4) is 0 Å². The van der Waals surface area contributed by atoms with Crippen LogP contribution in [-0.2, 0) is 11.0 Å². The second-order valence-electron chi connectivity index (χ2n) is 4.64. The molecule has 1 aromatic carbocycles. The number of halogens is 3. The molecular formula is C14H14F3NO. The molecule has 1 fully saturated rings. The van der Waals surface area contributed by atoms with Crippen molar-refractivity contribution < 1.29 is 18.0 Å². The zero-order chi connectivity index (χ0) is 13.9. The van der Waals surface area contributed by atoms with E-state index in [0.29, 0.717) is 6.42 Å². The largest absolute Gasteiger partial charge is 0.416 e. The van der Waals surface area contributed by atoms with Crippen molar-refractivity contribution in [2.24, 2.45) is 10.9 Å². The van der Waals surface area contributed by atoms with Gasteiger partial charge in [-0.15, -0.1) is 0 Å². The van der Waals surface area contributed by atoms with Gasteiger partial charge in [-0.2, -0.15) is 13.2 Å². The first-order valence-corrected chi connectivity index (χ1v) is 6.21. The third-order valence-electron chi connectivity index (χ3n) is 3.18. The molecule has 19 heavy (non-hydrogen) atoms. The molecule has 0 saturated heterocycles. The average Bonchev–Trinajstić information content (AvgIpc) is 2.37. The number of hydrogen-bond acceptors (Lipinski definition) is 2. The summed E-state index contributed by atoms with van der Waals surface area (Å²) < 4.78 is 37.6. The van der Waals surface area contributed by atoms with E-state index in [0.717, 1.165) is 31.4 Å². The molecule has 2 rings (SSSR count). The van der Waals surface area contributed by atoms with Gasteiger partial charge >= 0.3 is 6.18 Å². The van der Waals surface area contributed by atoms with Crippen LogP contribution >= 0.6 is 0 Å². The van der Waals surface area contributed by atoms with Crippen LogP contribution in [0.25, 0.3) is 0 Å². The highest BCUT2D eigenvalue weighted by atomic mass is 19.4. The Hall–Kier alpha value is -1.65. The lowest BCUT2D eigenvalue weighted by molar-refractivity contribution is -0.137. The maximum Gasteiger partial charge on any atom is 0.416 e. The smallest absolute Gasteiger partial charge is 0.299 e. The van der Waals surface area contributed by atoms with Crippen molar-refractivity contribution in [1.82, 2.24) is 0 Å². The number of hydrogen-bond donors (Lipinski definition) is 0. The predicted octanol–water partition coefficient (Wildman–Crippen LogP) is 4.17. The molecule has 102 valence electrons. The van der Waals surface area contributed by atoms with Gasteiger partial charge in [0.2, 0.25) is 0 Å². The first-order valence-electron chi connectivity index (χ1n) is 6.21. The van der Waals surface area contributed by atoms with Gasteiger partial charge in [0.15, 0.2) is 0 Å². The van der Waals surface area contributed by atoms with Crippen LogP contribution in [0.15, 0.2) is 29.3 Å². The van der Waals surface area contributed by atoms with Gasteiger partial charge in [0.1, 0.15) is 5.78 Å². The number of nitrogens with zero attached hydrogens (tertiary/aromatic N) is 1. The highest BCUT2D eigenvalue weighted by molar-refractivity contribution is 5.95. The Balaban J connectivity index is 2.12. The van der Waals surface area contributed by atoms with Crippen molar-refractivity contribution in [1.29, 1.82) is 0 Å². The van der Waals surface area contributed by atoms with E-state index in [1.54, 1.807) is 0 Å². The Morgan fingerprint density at radius 1 is 1.26 bits per heavy atom. The van der Waals surface area contributed by atoms with Crippen molar-refractivity contribution >= 4 is 17.7 Å². The third kappa shape index (κ3) is 3.66. The summed E-state index contributed by atoms with van der Waals surface area (Å²) in [5.41, 5.74) is -0.495. The van der Waals surface area contributed by atoms with E-state index in [1.165, 1.54) is 18.3 Å². The van der Waals surface area contributed by atoms with Crippen molar-refractivity contribution in [2.75, 3.05) is 0 Å². The highest BCUT2D eigenvalue weighted by Crippen LogP contribution is 2.31. The van der Waals surface area contributed by atoms with Crippen LogP contribution in [0.5, 0.6) is 0 Å². The van der Waals surface area contributed by atoms with Crippen LogP contribution in [0, 0.1) is 5.92 Å². The van der Waals surface area contributed by atoms with E-state index in [9.17, 15) is 18.0 Å². The van der Waals surface area contributed by atoms with Crippen molar-refractivity contribution in [3.05, 3.63) is 29.8 Å². The maximum absolute atomic E-state index is 12.5. The zero-order valence-electron chi connectivity index (χ0n) is 10.3. The predicted molar refractivity (Wildman–Crippen MR) is 66.6 cm³/mol. The summed E-state index contributed by atoms with van der Waals surface area (Å²) in [6.07, 6.45) is 0.251. The molecular weight excluding hydrogens is 255 g/mol. The van der Waals surface area contributed by atoms with Crippen LogP contribution < -0.4 is 0 Å². The van der Waals surface area contributed by atoms with Crippen molar-refractivity contribution in [2.45, 2.75) is 31.9 Å². The van der Waals surface area contributed by atoms with Crippen LogP contribution in [-0.4, -0.2) is 12.0 Å². The normalized spacial score (nSPS) is 21.0. The molecule has 1 aliphatic rings. The number of aliphatic imine (C=N–C) groups is 1. The Kier molecular flexibility index (Phi) is 4.02. The van der Waals surface area contributed by atoms with E-state index in [2.05, 4.69) is 4.99 Å². The van der Waals surface area contributed by atoms with E-state index in [-0.39, 0.29) is 17.4 Å². The van der Waals surface area contributed by atoms with Gasteiger partial charge < -0.3 is 0 Å². The molecule has 0 heterocycles. The van der Waals surface area contributed by atoms with Gasteiger partial charge in [-0.1, -0.05) is 12.5 Å². The topological polar surface area (TPSA) is 29.4 Å². The third-order valence-corrected chi connectivity index (χ3v) is 3.18. The Bertz CT molecular complexity index is 494. The van der Waals surface area contributed by atoms with Crippen LogP contribution in [0.1, 0.15) is 31.2 Å². The fourth-order valence-corrected chi connectivity index (χ4v) is 2.11. The fraction of sp³-hybridized carbons (Fsp3) is 0.429. The van der Waals surface area contributed by atoms with E-state index in [4.69, 9.17) is 0 Å². The molecule has 5 heteroatoms. The molecule has 1 aliphatic carbocycles. The molecule has 0 bridgehead atoms. The van der Waals surface area contributed by atoms with Crippen molar-refractivity contribution in [3.63, 3.8) is 0 Å². The molecule has 0 spiro atoms. The molecule has 0 aromatic heterocycles. The summed E-state index contributed by atoms with van der Waals surface area (Å²) in [6.45, 7) is 0. The van der Waals surface area contributed by atoms with Crippen LogP contribution in [0.2, 0.25) is 0 Å². The Morgan fingerprint density at radius 2 is 2.05 bits per heavy atom. The molecule has 0 aliphatic heterocycles. The number of benzene rings is 1. The summed E-state index contributed by atoms with van der Waals surface area (Å²) in [6, 6.07) is 4.81. The fourth-order valence-electron chi connectivity index (χ4n) is 2.11. The number of carbonyl (C=O) groups is 1. The molecule has 1 aromatic rings. The summed E-state index contributed by atoms with van der Waals surface area (Å²) in [5, 5.41) is 0. The number of Topliss-reactive ketones (excluding diaryl/α,β-unsaturated/α-hetero) is 1. The molecule has 1 atom stereocenters. The summed E-state index contributed by atoms with van der Waals surface area (Å²) in [5.74, 6) is -0.120. The van der Waals surface area contributed by atoms with E-state index < -0.39 is 11.7 Å². The molecule has 1 saturated carbocycles. The second kappa shape index (κ2) is 5.55. The van der Waals surface area contributed by atoms with Gasteiger partial charge in [-0.25, -0.2) is 0 Å². The molecule has 0 N–H and O–H groups in total. The maximum atomic E-state index is 12.5. The average molecular weight is 269 g/mol. The van der Waals surface area contributed by atoms with Gasteiger partial charge in [0.25, 0.3) is 0 Å². The number of ketones is 1. The summed E-state index contributed by atoms with van der Waals surface area (Å²) in [7, 11) is 0. The molecule has 2 nitrogen and oxygen atoms in total. The summed E-state index contributed by atoms with van der Waals surface area (Å²) in [4.78, 5) is 15.6. The monoisotopic (exact) mass is 269 g/mol. The van der Waals surface area contributed by atoms with Gasteiger partial charge in [0.05, 0.1) is 17.2 Å². The van der Waals surface area contributed by atoms with Gasteiger partial charge in [-0.05, 0) is 31.0 Å². The minimum absolute atomic E-state index is 0.127. The van der Waals surface area contributed by atoms with Crippen LogP contribution in [0.3, 0.4) is 0 Å². The minimum atomic E-state index is -4.37. The molecule has 0 radical (unpaired) electrons. The first-order chi connectivity index (χ1) is 8.97. The number of rotatable bonds is 2. The minimum Gasteiger partial charge on any atom is -0.299 e. The standard InChI is InChI=1S/C14H14F3NO/c15-14(16,17)11-5-3-6-12(8-11)18-9-10-4-1-2-7-13(10)19/h3,5-6,8-10H,1-2,4,7H2.